The van der Waals surface area contributed by atoms with Crippen LogP contribution in [0.25, 0.3) is 0 Å². The third kappa shape index (κ3) is 5.04. The maximum Gasteiger partial charge on any atom is 0.323 e. The van der Waals surface area contributed by atoms with E-state index < -0.39 is 11.5 Å². The van der Waals surface area contributed by atoms with E-state index in [-0.39, 0.29) is 6.04 Å². The van der Waals surface area contributed by atoms with E-state index in [1.54, 1.807) is 0 Å². The normalized spacial score (nSPS) is 14.4. The van der Waals surface area contributed by atoms with Crippen molar-refractivity contribution >= 4 is 17.7 Å². The van der Waals surface area contributed by atoms with Gasteiger partial charge >= 0.3 is 5.97 Å². The Morgan fingerprint density at radius 3 is 2.57 bits per heavy atom. The zero-order chi connectivity index (χ0) is 16.0. The summed E-state index contributed by atoms with van der Waals surface area (Å²) in [5, 5.41) is 13.4. The summed E-state index contributed by atoms with van der Waals surface area (Å²) in [5.74, 6) is 0.868. The minimum atomic E-state index is -0.836. The van der Waals surface area contributed by atoms with Crippen LogP contribution in [0.1, 0.15) is 51.5 Å². The first-order chi connectivity index (χ1) is 9.80. The molecule has 0 bridgehead atoms. The van der Waals surface area contributed by atoms with Crippen molar-refractivity contribution in [1.82, 2.24) is 10.3 Å². The number of rotatable bonds is 9. The zero-order valence-corrected chi connectivity index (χ0v) is 14.3. The first kappa shape index (κ1) is 18.0. The lowest BCUT2D eigenvalue weighted by Crippen LogP contribution is -2.54. The fraction of sp³-hybridized carbons (Fsp3) is 0.733. The molecule has 0 saturated heterocycles. The number of aliphatic carboxylic acids is 1. The van der Waals surface area contributed by atoms with Crippen molar-refractivity contribution in [3.8, 4) is 0 Å². The number of nitrogens with one attached hydrogen (secondary N) is 1. The largest absolute Gasteiger partial charge is 0.480 e. The molecular formula is C15H26N2O3S. The van der Waals surface area contributed by atoms with Crippen LogP contribution >= 0.6 is 11.8 Å². The van der Waals surface area contributed by atoms with Crippen LogP contribution in [0.4, 0.5) is 0 Å². The molecule has 6 heteroatoms. The number of carboxylic acid groups (broad SMARTS) is 1. The number of nitrogens with zero attached hydrogens (tertiary/aromatic N) is 1. The van der Waals surface area contributed by atoms with Gasteiger partial charge in [0.05, 0.1) is 5.69 Å². The molecule has 5 nitrogen and oxygen atoms in total. The van der Waals surface area contributed by atoms with E-state index >= 15 is 0 Å². The average Bonchev–Trinajstić information content (AvgIpc) is 2.71. The quantitative estimate of drug-likeness (QED) is 0.537. The summed E-state index contributed by atoms with van der Waals surface area (Å²) >= 11 is 1.54. The Bertz CT molecular complexity index is 454. The summed E-state index contributed by atoms with van der Waals surface area (Å²) in [4.78, 5) is 15.9. The van der Waals surface area contributed by atoms with Crippen molar-refractivity contribution in [3.05, 3.63) is 11.5 Å². The second-order valence-electron chi connectivity index (χ2n) is 5.61. The van der Waals surface area contributed by atoms with Crippen molar-refractivity contribution in [2.24, 2.45) is 0 Å². The van der Waals surface area contributed by atoms with Crippen LogP contribution in [-0.2, 0) is 4.79 Å². The molecule has 0 aliphatic rings. The molecule has 1 atom stereocenters. The molecular weight excluding hydrogens is 288 g/mol. The van der Waals surface area contributed by atoms with E-state index in [9.17, 15) is 9.90 Å². The number of carboxylic acids is 1. The van der Waals surface area contributed by atoms with E-state index in [1.165, 1.54) is 11.8 Å². The van der Waals surface area contributed by atoms with Gasteiger partial charge in [0.2, 0.25) is 0 Å². The Kier molecular flexibility index (Phi) is 6.74. The van der Waals surface area contributed by atoms with Crippen molar-refractivity contribution in [3.63, 3.8) is 0 Å². The lowest BCUT2D eigenvalue weighted by atomic mass is 9.90. The summed E-state index contributed by atoms with van der Waals surface area (Å²) in [6.45, 7) is 9.67. The van der Waals surface area contributed by atoms with Crippen LogP contribution in [-0.4, -0.2) is 33.4 Å². The summed E-state index contributed by atoms with van der Waals surface area (Å²) in [5.41, 5.74) is 0.0735. The Morgan fingerprint density at radius 2 is 2.14 bits per heavy atom. The molecule has 0 aliphatic carbocycles. The number of oxazole rings is 1. The van der Waals surface area contributed by atoms with Gasteiger partial charge in [-0.2, -0.15) is 0 Å². The summed E-state index contributed by atoms with van der Waals surface area (Å²) in [6.07, 6.45) is 1.97. The minimum Gasteiger partial charge on any atom is -0.480 e. The van der Waals surface area contributed by atoms with E-state index in [2.05, 4.69) is 10.3 Å². The van der Waals surface area contributed by atoms with Gasteiger partial charge in [0.25, 0.3) is 5.22 Å². The standard InChI is InChI=1S/C15H26N2O3S/c1-6-15(13(18)19,17-10(2)3)8-7-9-21-14-16-11(4)12(5)20-14/h10,17H,6-9H2,1-5H3,(H,18,19). The Labute approximate surface area is 130 Å². The topological polar surface area (TPSA) is 75.4 Å². The van der Waals surface area contributed by atoms with Crippen LogP contribution in [0.3, 0.4) is 0 Å². The maximum absolute atomic E-state index is 11.6. The molecule has 1 unspecified atom stereocenters. The molecule has 0 saturated carbocycles. The highest BCUT2D eigenvalue weighted by molar-refractivity contribution is 7.99. The number of thioether (sulfide) groups is 1. The van der Waals surface area contributed by atoms with Crippen LogP contribution in [0.5, 0.6) is 0 Å². The fourth-order valence-corrected chi connectivity index (χ4v) is 3.11. The van der Waals surface area contributed by atoms with Crippen molar-refractivity contribution in [1.29, 1.82) is 0 Å². The lowest BCUT2D eigenvalue weighted by Gasteiger charge is -2.31. The van der Waals surface area contributed by atoms with E-state index in [0.717, 1.165) is 23.6 Å². The summed E-state index contributed by atoms with van der Waals surface area (Å²) in [6, 6.07) is 0.144. The van der Waals surface area contributed by atoms with Gasteiger partial charge in [-0.1, -0.05) is 18.7 Å². The van der Waals surface area contributed by atoms with Gasteiger partial charge in [0, 0.05) is 11.8 Å². The maximum atomic E-state index is 11.6. The molecule has 0 fully saturated rings. The van der Waals surface area contributed by atoms with Gasteiger partial charge in [0.1, 0.15) is 11.3 Å². The molecule has 120 valence electrons. The van der Waals surface area contributed by atoms with Gasteiger partial charge in [-0.15, -0.1) is 0 Å². The molecule has 0 aliphatic heterocycles. The van der Waals surface area contributed by atoms with Gasteiger partial charge < -0.3 is 9.52 Å². The third-order valence-corrected chi connectivity index (χ3v) is 4.47. The van der Waals surface area contributed by atoms with Crippen molar-refractivity contribution in [2.45, 2.75) is 70.7 Å². The molecule has 0 amide bonds. The molecule has 1 heterocycles. The van der Waals surface area contributed by atoms with Crippen molar-refractivity contribution in [2.75, 3.05) is 5.75 Å². The fourth-order valence-electron chi connectivity index (χ4n) is 2.26. The predicted molar refractivity (Wildman–Crippen MR) is 84.9 cm³/mol. The van der Waals surface area contributed by atoms with Gasteiger partial charge in [0.15, 0.2) is 0 Å². The lowest BCUT2D eigenvalue weighted by molar-refractivity contribution is -0.145. The number of carbonyl (C=O) groups is 1. The van der Waals surface area contributed by atoms with Crippen LogP contribution in [0.15, 0.2) is 9.64 Å². The minimum absolute atomic E-state index is 0.144. The Morgan fingerprint density at radius 1 is 1.48 bits per heavy atom. The molecule has 1 rings (SSSR count). The summed E-state index contributed by atoms with van der Waals surface area (Å²) < 4.78 is 5.50. The second kappa shape index (κ2) is 7.84. The first-order valence-electron chi connectivity index (χ1n) is 7.38. The smallest absolute Gasteiger partial charge is 0.323 e. The Balaban J connectivity index is 2.51. The van der Waals surface area contributed by atoms with E-state index in [1.807, 2.05) is 34.6 Å². The highest BCUT2D eigenvalue weighted by atomic mass is 32.2. The molecule has 1 aromatic heterocycles. The van der Waals surface area contributed by atoms with Crippen LogP contribution in [0.2, 0.25) is 0 Å². The van der Waals surface area contributed by atoms with Gasteiger partial charge in [-0.05, 0) is 47.0 Å². The van der Waals surface area contributed by atoms with Crippen molar-refractivity contribution < 1.29 is 14.3 Å². The number of hydrogen-bond acceptors (Lipinski definition) is 5. The SMILES string of the molecule is CCC(CCCSc1nc(C)c(C)o1)(NC(C)C)C(=O)O. The molecule has 0 spiro atoms. The third-order valence-electron chi connectivity index (χ3n) is 3.56. The molecule has 2 N–H and O–H groups in total. The van der Waals surface area contributed by atoms with Gasteiger partial charge in [-0.25, -0.2) is 4.98 Å². The van der Waals surface area contributed by atoms with E-state index in [4.69, 9.17) is 4.42 Å². The monoisotopic (exact) mass is 314 g/mol. The highest BCUT2D eigenvalue weighted by Gasteiger charge is 2.36. The van der Waals surface area contributed by atoms with Gasteiger partial charge in [-0.3, -0.25) is 10.1 Å². The highest BCUT2D eigenvalue weighted by Crippen LogP contribution is 2.24. The number of aryl methyl sites for hydroxylation is 2. The molecule has 0 radical (unpaired) electrons. The summed E-state index contributed by atoms with van der Waals surface area (Å²) in [7, 11) is 0. The number of hydrogen-bond donors (Lipinski definition) is 2. The molecule has 21 heavy (non-hydrogen) atoms. The van der Waals surface area contributed by atoms with Crippen LogP contribution in [0, 0.1) is 13.8 Å². The number of aromatic nitrogens is 1. The zero-order valence-electron chi connectivity index (χ0n) is 13.5. The second-order valence-corrected chi connectivity index (χ2v) is 6.66. The van der Waals surface area contributed by atoms with Crippen LogP contribution < -0.4 is 5.32 Å². The average molecular weight is 314 g/mol. The predicted octanol–water partition coefficient (Wildman–Crippen LogP) is 3.40. The molecule has 1 aromatic rings. The first-order valence-corrected chi connectivity index (χ1v) is 8.37. The Hall–Kier alpha value is -1.01. The van der Waals surface area contributed by atoms with E-state index in [0.29, 0.717) is 18.1 Å². The molecule has 0 aromatic carbocycles.